The molecule has 3 N–H and O–H groups in total. The maximum atomic E-state index is 14.3. The lowest BCUT2D eigenvalue weighted by atomic mass is 10.0. The van der Waals surface area contributed by atoms with Crippen LogP contribution in [0.25, 0.3) is 33.1 Å². The maximum Gasteiger partial charge on any atom is 0.250 e. The second-order valence-electron chi connectivity index (χ2n) is 5.22. The summed E-state index contributed by atoms with van der Waals surface area (Å²) >= 11 is 0. The summed E-state index contributed by atoms with van der Waals surface area (Å²) in [5.74, 6) is -0.952. The van der Waals surface area contributed by atoms with Crippen LogP contribution in [-0.2, 0) is 0 Å². The molecule has 5 nitrogen and oxygen atoms in total. The molecule has 0 atom stereocenters. The lowest BCUT2D eigenvalue weighted by Gasteiger charge is -2.04. The molecule has 112 valence electrons. The molecule has 0 unspecified atom stereocenters. The Morgan fingerprint density at radius 3 is 2.91 bits per heavy atom. The van der Waals surface area contributed by atoms with Crippen molar-refractivity contribution in [1.82, 2.24) is 15.0 Å². The molecule has 0 aliphatic rings. The molecular weight excluding hydrogens is 295 g/mol. The monoisotopic (exact) mass is 306 g/mol. The standard InChI is InChI=1S/C17H11FN4O/c18-14-6-10(4-9-2-1-3-20-15(9)14)13-8-22-17-12(13)5-11(7-21-17)16(19)23/h1-8H,(H2,19,23)(H,21,22). The second kappa shape index (κ2) is 4.88. The Labute approximate surface area is 130 Å². The van der Waals surface area contributed by atoms with Gasteiger partial charge >= 0.3 is 0 Å². The van der Waals surface area contributed by atoms with E-state index in [2.05, 4.69) is 15.0 Å². The summed E-state index contributed by atoms with van der Waals surface area (Å²) in [5, 5.41) is 1.42. The molecular formula is C17H11FN4O. The Bertz CT molecular complexity index is 1070. The molecule has 23 heavy (non-hydrogen) atoms. The zero-order valence-corrected chi connectivity index (χ0v) is 11.9. The fourth-order valence-electron chi connectivity index (χ4n) is 2.68. The Balaban J connectivity index is 1.98. The van der Waals surface area contributed by atoms with Gasteiger partial charge in [0.15, 0.2) is 0 Å². The largest absolute Gasteiger partial charge is 0.366 e. The number of halogens is 1. The summed E-state index contributed by atoms with van der Waals surface area (Å²) in [6.07, 6.45) is 4.70. The fraction of sp³-hybridized carbons (Fsp3) is 0. The van der Waals surface area contributed by atoms with Gasteiger partial charge in [-0.15, -0.1) is 0 Å². The molecule has 0 spiro atoms. The Morgan fingerprint density at radius 2 is 2.09 bits per heavy atom. The minimum atomic E-state index is -0.555. The number of aromatic nitrogens is 3. The SMILES string of the molecule is NC(=O)c1cnc2[nH]cc(-c3cc(F)c4ncccc4c3)c2c1. The van der Waals surface area contributed by atoms with E-state index in [-0.39, 0.29) is 0 Å². The number of H-pyrrole nitrogens is 1. The molecule has 0 fully saturated rings. The van der Waals surface area contributed by atoms with Gasteiger partial charge in [0.1, 0.15) is 17.0 Å². The lowest BCUT2D eigenvalue weighted by molar-refractivity contribution is 0.1000. The smallest absolute Gasteiger partial charge is 0.250 e. The van der Waals surface area contributed by atoms with E-state index in [1.165, 1.54) is 12.3 Å². The van der Waals surface area contributed by atoms with Crippen LogP contribution in [0.1, 0.15) is 10.4 Å². The number of aromatic amines is 1. The van der Waals surface area contributed by atoms with E-state index < -0.39 is 11.7 Å². The van der Waals surface area contributed by atoms with Gasteiger partial charge in [-0.05, 0) is 29.8 Å². The fourth-order valence-corrected chi connectivity index (χ4v) is 2.68. The molecule has 0 saturated carbocycles. The van der Waals surface area contributed by atoms with Crippen molar-refractivity contribution >= 4 is 27.8 Å². The number of nitrogens with two attached hydrogens (primary N) is 1. The third kappa shape index (κ3) is 2.12. The normalized spacial score (nSPS) is 11.2. The molecule has 0 aliphatic heterocycles. The van der Waals surface area contributed by atoms with Gasteiger partial charge in [-0.25, -0.2) is 9.37 Å². The predicted molar refractivity (Wildman–Crippen MR) is 85.3 cm³/mol. The summed E-state index contributed by atoms with van der Waals surface area (Å²) in [4.78, 5) is 22.6. The number of rotatable bonds is 2. The number of carbonyl (C=O) groups excluding carboxylic acids is 1. The molecule has 4 aromatic rings. The van der Waals surface area contributed by atoms with Crippen molar-refractivity contribution < 1.29 is 9.18 Å². The number of hydrogen-bond donors (Lipinski definition) is 2. The molecule has 3 heterocycles. The van der Waals surface area contributed by atoms with Gasteiger partial charge in [-0.2, -0.15) is 0 Å². The number of primary amides is 1. The zero-order chi connectivity index (χ0) is 16.0. The molecule has 0 saturated heterocycles. The van der Waals surface area contributed by atoms with E-state index in [0.29, 0.717) is 33.1 Å². The average Bonchev–Trinajstić information content (AvgIpc) is 2.98. The average molecular weight is 306 g/mol. The second-order valence-corrected chi connectivity index (χ2v) is 5.22. The molecule has 3 aromatic heterocycles. The first kappa shape index (κ1) is 13.4. The van der Waals surface area contributed by atoms with Crippen LogP contribution in [0.2, 0.25) is 0 Å². The summed E-state index contributed by atoms with van der Waals surface area (Å²) in [6, 6.07) is 8.49. The van der Waals surface area contributed by atoms with Gasteiger partial charge in [0.05, 0.1) is 5.56 Å². The molecule has 1 aromatic carbocycles. The third-order valence-electron chi connectivity index (χ3n) is 3.78. The van der Waals surface area contributed by atoms with Crippen molar-refractivity contribution in [3.63, 3.8) is 0 Å². The van der Waals surface area contributed by atoms with Crippen LogP contribution in [0.15, 0.2) is 48.9 Å². The van der Waals surface area contributed by atoms with Crippen LogP contribution in [0.3, 0.4) is 0 Å². The quantitative estimate of drug-likeness (QED) is 0.597. The highest BCUT2D eigenvalue weighted by Gasteiger charge is 2.12. The van der Waals surface area contributed by atoms with Gasteiger partial charge in [0, 0.05) is 34.9 Å². The van der Waals surface area contributed by atoms with Crippen LogP contribution in [0.5, 0.6) is 0 Å². The van der Waals surface area contributed by atoms with Gasteiger partial charge in [0.25, 0.3) is 0 Å². The van der Waals surface area contributed by atoms with E-state index >= 15 is 0 Å². The van der Waals surface area contributed by atoms with Crippen molar-refractivity contribution in [2.75, 3.05) is 0 Å². The van der Waals surface area contributed by atoms with Crippen molar-refractivity contribution in [2.45, 2.75) is 0 Å². The van der Waals surface area contributed by atoms with Crippen molar-refractivity contribution in [3.8, 4) is 11.1 Å². The summed E-state index contributed by atoms with van der Waals surface area (Å²) in [5.41, 5.74) is 7.97. The molecule has 0 aliphatic carbocycles. The Kier molecular flexibility index (Phi) is 2.84. The van der Waals surface area contributed by atoms with E-state index in [1.54, 1.807) is 30.6 Å². The number of nitrogens with zero attached hydrogens (tertiary/aromatic N) is 2. The number of amides is 1. The van der Waals surface area contributed by atoms with Crippen LogP contribution in [-0.4, -0.2) is 20.9 Å². The van der Waals surface area contributed by atoms with E-state index in [9.17, 15) is 9.18 Å². The van der Waals surface area contributed by atoms with Crippen LogP contribution in [0, 0.1) is 5.82 Å². The van der Waals surface area contributed by atoms with Crippen LogP contribution < -0.4 is 5.73 Å². The van der Waals surface area contributed by atoms with Crippen molar-refractivity contribution in [3.05, 3.63) is 60.3 Å². The number of pyridine rings is 2. The Morgan fingerprint density at radius 1 is 1.22 bits per heavy atom. The van der Waals surface area contributed by atoms with E-state index in [4.69, 9.17) is 5.73 Å². The third-order valence-corrected chi connectivity index (χ3v) is 3.78. The molecule has 0 bridgehead atoms. The maximum absolute atomic E-state index is 14.3. The van der Waals surface area contributed by atoms with Crippen LogP contribution in [0.4, 0.5) is 4.39 Å². The Hall–Kier alpha value is -3.28. The first-order valence-corrected chi connectivity index (χ1v) is 6.95. The van der Waals surface area contributed by atoms with Gasteiger partial charge in [0.2, 0.25) is 5.91 Å². The number of nitrogens with one attached hydrogen (secondary N) is 1. The first-order chi connectivity index (χ1) is 11.1. The van der Waals surface area contributed by atoms with Gasteiger partial charge in [-0.3, -0.25) is 9.78 Å². The van der Waals surface area contributed by atoms with Crippen molar-refractivity contribution in [1.29, 1.82) is 0 Å². The number of benzene rings is 1. The van der Waals surface area contributed by atoms with Crippen LogP contribution >= 0.6 is 0 Å². The minimum absolute atomic E-state index is 0.307. The molecule has 1 amide bonds. The molecule has 0 radical (unpaired) electrons. The van der Waals surface area contributed by atoms with Gasteiger partial charge < -0.3 is 10.7 Å². The number of carbonyl (C=O) groups is 1. The summed E-state index contributed by atoms with van der Waals surface area (Å²) in [6.45, 7) is 0. The van der Waals surface area contributed by atoms with Crippen molar-refractivity contribution in [2.24, 2.45) is 5.73 Å². The van der Waals surface area contributed by atoms with E-state index in [0.717, 1.165) is 5.56 Å². The highest BCUT2D eigenvalue weighted by molar-refractivity contribution is 6.01. The summed E-state index contributed by atoms with van der Waals surface area (Å²) in [7, 11) is 0. The first-order valence-electron chi connectivity index (χ1n) is 6.95. The lowest BCUT2D eigenvalue weighted by Crippen LogP contribution is -2.10. The zero-order valence-electron chi connectivity index (χ0n) is 11.9. The topological polar surface area (TPSA) is 84.7 Å². The van der Waals surface area contributed by atoms with Gasteiger partial charge in [-0.1, -0.05) is 6.07 Å². The van der Waals surface area contributed by atoms with E-state index in [1.807, 2.05) is 6.07 Å². The molecule has 4 rings (SSSR count). The minimum Gasteiger partial charge on any atom is -0.366 e. The predicted octanol–water partition coefficient (Wildman–Crippen LogP) is 3.02. The number of fused-ring (bicyclic) bond motifs is 2. The highest BCUT2D eigenvalue weighted by atomic mass is 19.1. The summed E-state index contributed by atoms with van der Waals surface area (Å²) < 4.78 is 14.3. The highest BCUT2D eigenvalue weighted by Crippen LogP contribution is 2.31. The number of hydrogen-bond acceptors (Lipinski definition) is 3. The molecule has 6 heteroatoms.